The molecule has 1 fully saturated rings. The maximum absolute atomic E-state index is 13.6. The summed E-state index contributed by atoms with van der Waals surface area (Å²) in [5, 5.41) is 8.95. The molecule has 2 aliphatic rings. The number of benzene rings is 1. The normalized spacial score (nSPS) is 19.5. The molecule has 166 valence electrons. The highest BCUT2D eigenvalue weighted by Crippen LogP contribution is 2.39. The predicted octanol–water partition coefficient (Wildman–Crippen LogP) is 4.26. The molecule has 2 amide bonds. The van der Waals surface area contributed by atoms with Crippen molar-refractivity contribution in [3.05, 3.63) is 41.6 Å². The fourth-order valence-electron chi connectivity index (χ4n) is 4.50. The van der Waals surface area contributed by atoms with Crippen LogP contribution in [-0.2, 0) is 9.59 Å². The van der Waals surface area contributed by atoms with E-state index in [1.165, 1.54) is 11.8 Å². The lowest BCUT2D eigenvalue weighted by atomic mass is 10.0. The molecule has 1 saturated carbocycles. The molecule has 1 unspecified atom stereocenters. The monoisotopic (exact) mass is 440 g/mol. The lowest BCUT2D eigenvalue weighted by Crippen LogP contribution is -2.46. The molecular weight excluding hydrogens is 408 g/mol. The number of thioether (sulfide) groups is 1. The van der Waals surface area contributed by atoms with Crippen molar-refractivity contribution in [1.29, 1.82) is 0 Å². The molecule has 1 atom stereocenters. The van der Waals surface area contributed by atoms with Crippen LogP contribution in [0.5, 0.6) is 0 Å². The molecule has 31 heavy (non-hydrogen) atoms. The van der Waals surface area contributed by atoms with E-state index < -0.39 is 6.04 Å². The first-order valence-corrected chi connectivity index (χ1v) is 12.3. The summed E-state index contributed by atoms with van der Waals surface area (Å²) in [4.78, 5) is 28.6. The molecular formula is C24H32N4O2S. The Labute approximate surface area is 188 Å². The van der Waals surface area contributed by atoms with Gasteiger partial charge in [-0.15, -0.1) is 0 Å². The van der Waals surface area contributed by atoms with E-state index in [1.54, 1.807) is 4.90 Å². The van der Waals surface area contributed by atoms with Crippen LogP contribution in [0, 0.1) is 12.8 Å². The highest BCUT2D eigenvalue weighted by molar-refractivity contribution is 8.00. The van der Waals surface area contributed by atoms with Crippen molar-refractivity contribution < 1.29 is 9.59 Å². The summed E-state index contributed by atoms with van der Waals surface area (Å²) < 4.78 is 1.89. The molecule has 1 N–H and O–H groups in total. The van der Waals surface area contributed by atoms with Crippen LogP contribution in [0.1, 0.15) is 63.3 Å². The number of carbonyl (C=O) groups is 2. The first-order chi connectivity index (χ1) is 15.0. The number of aromatic nitrogens is 2. The average molecular weight is 441 g/mol. The second kappa shape index (κ2) is 9.47. The Morgan fingerprint density at radius 1 is 1.23 bits per heavy atom. The van der Waals surface area contributed by atoms with Crippen molar-refractivity contribution in [2.24, 2.45) is 5.92 Å². The third-order valence-electron chi connectivity index (χ3n) is 6.20. The number of hydrogen-bond acceptors (Lipinski definition) is 4. The van der Waals surface area contributed by atoms with Crippen molar-refractivity contribution in [3.8, 4) is 5.69 Å². The van der Waals surface area contributed by atoms with E-state index in [1.807, 2.05) is 41.9 Å². The minimum atomic E-state index is -0.630. The van der Waals surface area contributed by atoms with Crippen molar-refractivity contribution in [3.63, 3.8) is 0 Å². The quantitative estimate of drug-likeness (QED) is 0.729. The number of nitrogens with zero attached hydrogens (tertiary/aromatic N) is 3. The second-order valence-electron chi connectivity index (χ2n) is 9.00. The van der Waals surface area contributed by atoms with Gasteiger partial charge in [0.25, 0.3) is 0 Å². The number of hydrogen-bond donors (Lipinski definition) is 1. The summed E-state index contributed by atoms with van der Waals surface area (Å²) in [5.41, 5.74) is 2.62. The molecule has 1 aromatic carbocycles. The fourth-order valence-corrected chi connectivity index (χ4v) is 5.61. The minimum absolute atomic E-state index is 0.0208. The molecule has 1 aromatic heterocycles. The summed E-state index contributed by atoms with van der Waals surface area (Å²) in [6.07, 6.45) is 5.20. The lowest BCUT2D eigenvalue weighted by molar-refractivity contribution is -0.139. The maximum Gasteiger partial charge on any atom is 0.247 e. The van der Waals surface area contributed by atoms with Gasteiger partial charge >= 0.3 is 0 Å². The summed E-state index contributed by atoms with van der Waals surface area (Å²) in [5.74, 6) is 0.724. The zero-order valence-electron chi connectivity index (χ0n) is 18.6. The van der Waals surface area contributed by atoms with Gasteiger partial charge in [0.2, 0.25) is 11.8 Å². The molecule has 2 aromatic rings. The molecule has 1 aliphatic carbocycles. The van der Waals surface area contributed by atoms with E-state index in [0.717, 1.165) is 54.1 Å². The number of para-hydroxylation sites is 1. The van der Waals surface area contributed by atoms with Crippen LogP contribution in [-0.4, -0.2) is 44.8 Å². The Morgan fingerprint density at radius 3 is 2.61 bits per heavy atom. The average Bonchev–Trinajstić information content (AvgIpc) is 3.33. The topological polar surface area (TPSA) is 67.2 Å². The number of nitrogens with one attached hydrogen (secondary N) is 1. The van der Waals surface area contributed by atoms with Gasteiger partial charge in [-0.3, -0.25) is 9.59 Å². The van der Waals surface area contributed by atoms with E-state index in [9.17, 15) is 9.59 Å². The molecule has 6 nitrogen and oxygen atoms in total. The Bertz CT molecular complexity index is 935. The molecule has 0 saturated heterocycles. The van der Waals surface area contributed by atoms with Gasteiger partial charge in [-0.2, -0.15) is 5.10 Å². The Kier molecular flexibility index (Phi) is 6.70. The number of amides is 2. The van der Waals surface area contributed by atoms with Crippen LogP contribution in [0.15, 0.2) is 35.4 Å². The number of carbonyl (C=O) groups excluding carboxylic acids is 2. The zero-order valence-corrected chi connectivity index (χ0v) is 19.5. The first kappa shape index (κ1) is 21.9. The molecule has 1 aliphatic heterocycles. The molecule has 0 spiro atoms. The van der Waals surface area contributed by atoms with E-state index in [2.05, 4.69) is 19.2 Å². The molecule has 2 heterocycles. The van der Waals surface area contributed by atoms with Crippen molar-refractivity contribution in [1.82, 2.24) is 20.0 Å². The van der Waals surface area contributed by atoms with Gasteiger partial charge in [0.15, 0.2) is 0 Å². The van der Waals surface area contributed by atoms with Gasteiger partial charge in [-0.05, 0) is 44.2 Å². The van der Waals surface area contributed by atoms with Crippen LogP contribution >= 0.6 is 11.8 Å². The van der Waals surface area contributed by atoms with Gasteiger partial charge < -0.3 is 10.2 Å². The number of aryl methyl sites for hydroxylation is 1. The van der Waals surface area contributed by atoms with E-state index in [-0.39, 0.29) is 17.9 Å². The molecule has 7 heteroatoms. The van der Waals surface area contributed by atoms with E-state index >= 15 is 0 Å². The first-order valence-electron chi connectivity index (χ1n) is 11.3. The third kappa shape index (κ3) is 4.66. The van der Waals surface area contributed by atoms with Gasteiger partial charge in [-0.25, -0.2) is 4.68 Å². The van der Waals surface area contributed by atoms with Crippen LogP contribution in [0.2, 0.25) is 0 Å². The highest BCUT2D eigenvalue weighted by Gasteiger charge is 2.40. The Morgan fingerprint density at radius 2 is 1.94 bits per heavy atom. The number of rotatable bonds is 6. The van der Waals surface area contributed by atoms with Gasteiger partial charge in [0, 0.05) is 18.2 Å². The highest BCUT2D eigenvalue weighted by atomic mass is 32.2. The lowest BCUT2D eigenvalue weighted by Gasteiger charge is -2.31. The summed E-state index contributed by atoms with van der Waals surface area (Å²) in [6.45, 7) is 6.82. The minimum Gasteiger partial charge on any atom is -0.351 e. The predicted molar refractivity (Wildman–Crippen MR) is 123 cm³/mol. The smallest absolute Gasteiger partial charge is 0.247 e. The van der Waals surface area contributed by atoms with Gasteiger partial charge in [0.05, 0.1) is 17.1 Å². The van der Waals surface area contributed by atoms with Gasteiger partial charge in [0.1, 0.15) is 11.1 Å². The molecule has 4 rings (SSSR count). The fraction of sp³-hybridized carbons (Fsp3) is 0.542. The van der Waals surface area contributed by atoms with Crippen molar-refractivity contribution >= 4 is 23.6 Å². The number of fused-ring (bicyclic) bond motifs is 1. The third-order valence-corrected chi connectivity index (χ3v) is 7.26. The van der Waals surface area contributed by atoms with Crippen LogP contribution in [0.4, 0.5) is 0 Å². The Hall–Kier alpha value is -2.28. The summed E-state index contributed by atoms with van der Waals surface area (Å²) in [7, 11) is 0. The standard InChI is InChI=1S/C24H32N4O2S/c1-16(2)13-14-27-20(29)15-31-24-21(22(27)23(30)25-18-9-7-8-10-18)17(3)26-28(24)19-11-5-4-6-12-19/h4-6,11-12,16,18,22H,7-10,13-15H2,1-3H3,(H,25,30). The zero-order chi connectivity index (χ0) is 22.0. The largest absolute Gasteiger partial charge is 0.351 e. The summed E-state index contributed by atoms with van der Waals surface area (Å²) in [6, 6.07) is 9.51. The second-order valence-corrected chi connectivity index (χ2v) is 9.97. The van der Waals surface area contributed by atoms with Crippen LogP contribution in [0.25, 0.3) is 5.69 Å². The van der Waals surface area contributed by atoms with E-state index in [0.29, 0.717) is 18.2 Å². The van der Waals surface area contributed by atoms with Crippen molar-refractivity contribution in [2.45, 2.75) is 70.0 Å². The van der Waals surface area contributed by atoms with Crippen LogP contribution in [0.3, 0.4) is 0 Å². The molecule has 0 bridgehead atoms. The SMILES string of the molecule is Cc1nn(-c2ccccc2)c2c1C(C(=O)NC1CCCC1)N(CCC(C)C)C(=O)CS2. The maximum atomic E-state index is 13.6. The molecule has 0 radical (unpaired) electrons. The van der Waals surface area contributed by atoms with Gasteiger partial charge in [-0.1, -0.05) is 56.7 Å². The van der Waals surface area contributed by atoms with E-state index in [4.69, 9.17) is 5.10 Å². The Balaban J connectivity index is 1.76. The van der Waals surface area contributed by atoms with Crippen molar-refractivity contribution in [2.75, 3.05) is 12.3 Å². The van der Waals surface area contributed by atoms with Crippen LogP contribution < -0.4 is 5.32 Å². The summed E-state index contributed by atoms with van der Waals surface area (Å²) >= 11 is 1.49.